The number of carboxylic acid groups (broad SMARTS) is 1. The highest BCUT2D eigenvalue weighted by molar-refractivity contribution is 5.94. The van der Waals surface area contributed by atoms with Crippen LogP contribution < -0.4 is 5.56 Å². The predicted octanol–water partition coefficient (Wildman–Crippen LogP) is 4.10. The summed E-state index contributed by atoms with van der Waals surface area (Å²) in [6.45, 7) is 2.12. The summed E-state index contributed by atoms with van der Waals surface area (Å²) in [5.74, 6) is -0.687. The summed E-state index contributed by atoms with van der Waals surface area (Å²) in [5.41, 5.74) is 0.919. The molecule has 0 unspecified atom stereocenters. The van der Waals surface area contributed by atoms with Crippen LogP contribution in [0.1, 0.15) is 67.9 Å². The number of pyridine rings is 1. The van der Waals surface area contributed by atoms with Crippen molar-refractivity contribution in [2.24, 2.45) is 7.05 Å². The highest BCUT2D eigenvalue weighted by Crippen LogP contribution is 2.16. The van der Waals surface area contributed by atoms with Gasteiger partial charge in [0.05, 0.1) is 5.56 Å². The molecular weight excluding hydrogens is 330 g/mol. The summed E-state index contributed by atoms with van der Waals surface area (Å²) >= 11 is 0. The fourth-order valence-electron chi connectivity index (χ4n) is 3.16. The maximum atomic E-state index is 12.5. The number of aromatic carboxylic acids is 1. The Morgan fingerprint density at radius 2 is 1.73 bits per heavy atom. The molecule has 0 bridgehead atoms. The lowest BCUT2D eigenvalue weighted by atomic mass is 10.0. The third kappa shape index (κ3) is 5.04. The third-order valence-corrected chi connectivity index (χ3v) is 4.78. The first-order chi connectivity index (χ1) is 12.4. The molecule has 1 N–H and O–H groups in total. The number of fused-ring (bicyclic) bond motifs is 1. The van der Waals surface area contributed by atoms with Gasteiger partial charge in [-0.15, -0.1) is 0 Å². The molecule has 0 aliphatic rings. The van der Waals surface area contributed by atoms with Gasteiger partial charge in [-0.1, -0.05) is 19.8 Å². The van der Waals surface area contributed by atoms with Gasteiger partial charge in [0.25, 0.3) is 5.56 Å². The van der Waals surface area contributed by atoms with Crippen molar-refractivity contribution in [3.8, 4) is 0 Å². The molecule has 140 valence electrons. The summed E-state index contributed by atoms with van der Waals surface area (Å²) < 4.78 is 1.62. The summed E-state index contributed by atoms with van der Waals surface area (Å²) in [6.07, 6.45) is 6.79. The number of carbonyl (C=O) groups excluding carboxylic acids is 1. The zero-order valence-electron chi connectivity index (χ0n) is 15.6. The highest BCUT2D eigenvalue weighted by Gasteiger charge is 2.10. The van der Waals surface area contributed by atoms with E-state index < -0.39 is 5.97 Å². The SMILES string of the molecule is CCCCCC(=O)CCCCc1cc2cc(C(=O)O)ccc2c(=O)n1C. The first-order valence-electron chi connectivity index (χ1n) is 9.31. The van der Waals surface area contributed by atoms with Gasteiger partial charge in [0.1, 0.15) is 5.78 Å². The topological polar surface area (TPSA) is 76.4 Å². The van der Waals surface area contributed by atoms with Crippen molar-refractivity contribution in [1.82, 2.24) is 4.57 Å². The van der Waals surface area contributed by atoms with Gasteiger partial charge in [0.2, 0.25) is 0 Å². The van der Waals surface area contributed by atoms with E-state index in [0.717, 1.165) is 37.8 Å². The fraction of sp³-hybridized carbons (Fsp3) is 0.476. The van der Waals surface area contributed by atoms with Gasteiger partial charge in [0, 0.05) is 31.0 Å². The van der Waals surface area contributed by atoms with Crippen LogP contribution in [0, 0.1) is 0 Å². The van der Waals surface area contributed by atoms with E-state index in [1.54, 1.807) is 23.7 Å². The third-order valence-electron chi connectivity index (χ3n) is 4.78. The number of aromatic nitrogens is 1. The summed E-state index contributed by atoms with van der Waals surface area (Å²) in [7, 11) is 1.73. The standard InChI is InChI=1S/C21H27NO4/c1-3-4-5-9-18(23)10-7-6-8-17-14-16-13-15(21(25)26)11-12-19(16)20(24)22(17)2/h11-14H,3-10H2,1-2H3,(H,25,26). The number of carbonyl (C=O) groups is 2. The van der Waals surface area contributed by atoms with Crippen LogP contribution in [-0.4, -0.2) is 21.4 Å². The number of hydrogen-bond acceptors (Lipinski definition) is 3. The van der Waals surface area contributed by atoms with Crippen molar-refractivity contribution in [3.05, 3.63) is 45.9 Å². The summed E-state index contributed by atoms with van der Waals surface area (Å²) in [5, 5.41) is 10.3. The molecule has 0 aliphatic carbocycles. The van der Waals surface area contributed by atoms with Crippen molar-refractivity contribution >= 4 is 22.5 Å². The Bertz CT molecular complexity index is 851. The second kappa shape index (κ2) is 9.32. The van der Waals surface area contributed by atoms with Gasteiger partial charge in [-0.2, -0.15) is 0 Å². The van der Waals surface area contributed by atoms with Crippen LogP contribution in [0.25, 0.3) is 10.8 Å². The minimum atomic E-state index is -1.00. The Hall–Kier alpha value is -2.43. The van der Waals surface area contributed by atoms with E-state index in [1.165, 1.54) is 6.07 Å². The first-order valence-corrected chi connectivity index (χ1v) is 9.31. The van der Waals surface area contributed by atoms with Crippen LogP contribution >= 0.6 is 0 Å². The highest BCUT2D eigenvalue weighted by atomic mass is 16.4. The molecule has 0 amide bonds. The van der Waals surface area contributed by atoms with Gasteiger partial charge in [-0.05, 0) is 55.3 Å². The average Bonchev–Trinajstić information content (AvgIpc) is 2.62. The number of Topliss-reactive ketones (excluding diaryl/α,β-unsaturated/α-hetero) is 1. The molecule has 0 spiro atoms. The quantitative estimate of drug-likeness (QED) is 0.650. The number of benzene rings is 1. The molecule has 5 nitrogen and oxygen atoms in total. The van der Waals surface area contributed by atoms with E-state index in [1.807, 2.05) is 6.07 Å². The number of nitrogens with zero attached hydrogens (tertiary/aromatic N) is 1. The van der Waals surface area contributed by atoms with E-state index in [2.05, 4.69) is 6.92 Å². The summed E-state index contributed by atoms with van der Waals surface area (Å²) in [4.78, 5) is 35.4. The van der Waals surface area contributed by atoms with Crippen molar-refractivity contribution < 1.29 is 14.7 Å². The molecule has 0 atom stereocenters. The van der Waals surface area contributed by atoms with E-state index in [9.17, 15) is 14.4 Å². The van der Waals surface area contributed by atoms with Crippen LogP contribution in [0.2, 0.25) is 0 Å². The molecule has 0 radical (unpaired) electrons. The number of carboxylic acids is 1. The Balaban J connectivity index is 2.03. The van der Waals surface area contributed by atoms with Crippen LogP contribution in [0.5, 0.6) is 0 Å². The van der Waals surface area contributed by atoms with E-state index >= 15 is 0 Å². The Morgan fingerprint density at radius 1 is 1.04 bits per heavy atom. The number of unbranched alkanes of at least 4 members (excludes halogenated alkanes) is 3. The normalized spacial score (nSPS) is 11.0. The van der Waals surface area contributed by atoms with Gasteiger partial charge in [-0.25, -0.2) is 4.79 Å². The van der Waals surface area contributed by atoms with Crippen molar-refractivity contribution in [1.29, 1.82) is 0 Å². The first kappa shape index (κ1) is 19.9. The van der Waals surface area contributed by atoms with Crippen LogP contribution in [0.4, 0.5) is 0 Å². The summed E-state index contributed by atoms with van der Waals surface area (Å²) in [6, 6.07) is 6.45. The number of rotatable bonds is 10. The van der Waals surface area contributed by atoms with Crippen LogP contribution in [-0.2, 0) is 18.3 Å². The maximum Gasteiger partial charge on any atom is 0.335 e. The van der Waals surface area contributed by atoms with Crippen molar-refractivity contribution in [2.45, 2.75) is 58.3 Å². The largest absolute Gasteiger partial charge is 0.478 e. The minimum absolute atomic E-state index is 0.120. The molecule has 5 heteroatoms. The zero-order valence-corrected chi connectivity index (χ0v) is 15.6. The van der Waals surface area contributed by atoms with E-state index in [-0.39, 0.29) is 11.1 Å². The van der Waals surface area contributed by atoms with Gasteiger partial charge in [0.15, 0.2) is 0 Å². The zero-order chi connectivity index (χ0) is 19.1. The Labute approximate surface area is 153 Å². The molecular formula is C21H27NO4. The molecule has 1 heterocycles. The smallest absolute Gasteiger partial charge is 0.335 e. The van der Waals surface area contributed by atoms with Crippen molar-refractivity contribution in [3.63, 3.8) is 0 Å². The van der Waals surface area contributed by atoms with E-state index in [0.29, 0.717) is 35.8 Å². The van der Waals surface area contributed by atoms with Crippen molar-refractivity contribution in [2.75, 3.05) is 0 Å². The molecule has 26 heavy (non-hydrogen) atoms. The lowest BCUT2D eigenvalue weighted by molar-refractivity contribution is -0.119. The molecule has 0 saturated heterocycles. The van der Waals surface area contributed by atoms with Crippen LogP contribution in [0.3, 0.4) is 0 Å². The number of aryl methyl sites for hydroxylation is 1. The second-order valence-corrected chi connectivity index (χ2v) is 6.81. The lowest BCUT2D eigenvalue weighted by Gasteiger charge is -2.10. The molecule has 1 aromatic carbocycles. The minimum Gasteiger partial charge on any atom is -0.478 e. The molecule has 2 aromatic rings. The monoisotopic (exact) mass is 357 g/mol. The predicted molar refractivity (Wildman–Crippen MR) is 103 cm³/mol. The van der Waals surface area contributed by atoms with Crippen LogP contribution in [0.15, 0.2) is 29.1 Å². The maximum absolute atomic E-state index is 12.5. The lowest BCUT2D eigenvalue weighted by Crippen LogP contribution is -2.20. The molecule has 0 saturated carbocycles. The van der Waals surface area contributed by atoms with Gasteiger partial charge in [-0.3, -0.25) is 9.59 Å². The molecule has 1 aromatic heterocycles. The molecule has 0 aliphatic heterocycles. The molecule has 2 rings (SSSR count). The van der Waals surface area contributed by atoms with Gasteiger partial charge < -0.3 is 9.67 Å². The van der Waals surface area contributed by atoms with Gasteiger partial charge >= 0.3 is 5.97 Å². The Morgan fingerprint density at radius 3 is 2.38 bits per heavy atom. The molecule has 0 fully saturated rings. The average molecular weight is 357 g/mol. The Kier molecular flexibility index (Phi) is 7.13. The fourth-order valence-corrected chi connectivity index (χ4v) is 3.16. The second-order valence-electron chi connectivity index (χ2n) is 6.81. The number of ketones is 1. The number of hydrogen-bond donors (Lipinski definition) is 1. The van der Waals surface area contributed by atoms with E-state index in [4.69, 9.17) is 5.11 Å².